The maximum Gasteiger partial charge on any atom is 0.320 e. The first-order valence-electron chi connectivity index (χ1n) is 7.22. The maximum absolute atomic E-state index is 10.6. The number of rotatable bonds is 2. The van der Waals surface area contributed by atoms with Crippen LogP contribution in [0.25, 0.3) is 0 Å². The molecule has 0 spiro atoms. The van der Waals surface area contributed by atoms with Gasteiger partial charge < -0.3 is 10.8 Å². The summed E-state index contributed by atoms with van der Waals surface area (Å²) in [6.07, 6.45) is 8.74. The maximum atomic E-state index is 10.6. The van der Waals surface area contributed by atoms with Crippen molar-refractivity contribution in [1.29, 1.82) is 0 Å². The van der Waals surface area contributed by atoms with Crippen molar-refractivity contribution in [3.05, 3.63) is 60.2 Å². The van der Waals surface area contributed by atoms with Gasteiger partial charge in [0.25, 0.3) is 0 Å². The predicted octanol–water partition coefficient (Wildman–Crippen LogP) is 2.25. The van der Waals surface area contributed by atoms with Crippen molar-refractivity contribution in [2.75, 3.05) is 0 Å². The average Bonchev–Trinajstić information content (AvgIpc) is 2.93. The fourth-order valence-corrected chi connectivity index (χ4v) is 2.56. The standard InChI is InChI=1S/C9H11NO2.C8H11N/c11-9(12)8-5-6-3-1-2-4-7(6)10-8;1-7(9)8-5-3-2-4-6-8/h1-4,6-8,10H,5H2,(H,11,12);2-7H,9H2,1H3/t6?,7?,8-;7-/m11/s1. The summed E-state index contributed by atoms with van der Waals surface area (Å²) < 4.78 is 0. The van der Waals surface area contributed by atoms with Gasteiger partial charge in [-0.2, -0.15) is 0 Å². The molecular formula is C17H22N2O2. The Morgan fingerprint density at radius 3 is 2.48 bits per heavy atom. The normalized spacial score (nSPS) is 27.4. The molecule has 2 unspecified atom stereocenters. The second kappa shape index (κ2) is 7.20. The lowest BCUT2D eigenvalue weighted by molar-refractivity contribution is -0.139. The van der Waals surface area contributed by atoms with E-state index in [0.717, 1.165) is 0 Å². The van der Waals surface area contributed by atoms with Gasteiger partial charge in [0.2, 0.25) is 0 Å². The van der Waals surface area contributed by atoms with E-state index in [0.29, 0.717) is 12.3 Å². The van der Waals surface area contributed by atoms with Gasteiger partial charge in [-0.1, -0.05) is 54.6 Å². The van der Waals surface area contributed by atoms with Crippen molar-refractivity contribution in [3.8, 4) is 0 Å². The van der Waals surface area contributed by atoms with E-state index in [4.69, 9.17) is 10.8 Å². The molecule has 3 rings (SSSR count). The van der Waals surface area contributed by atoms with E-state index in [1.807, 2.05) is 55.5 Å². The smallest absolute Gasteiger partial charge is 0.320 e. The molecule has 2 aliphatic rings. The van der Waals surface area contributed by atoms with Crippen LogP contribution in [0.4, 0.5) is 0 Å². The number of aliphatic carboxylic acids is 1. The van der Waals surface area contributed by atoms with Gasteiger partial charge in [0.05, 0.1) is 0 Å². The molecule has 0 radical (unpaired) electrons. The number of carboxylic acid groups (broad SMARTS) is 1. The van der Waals surface area contributed by atoms with Crippen LogP contribution in [0.5, 0.6) is 0 Å². The molecule has 1 aromatic rings. The molecule has 1 aromatic carbocycles. The van der Waals surface area contributed by atoms with Crippen molar-refractivity contribution in [3.63, 3.8) is 0 Å². The molecule has 4 heteroatoms. The van der Waals surface area contributed by atoms with Gasteiger partial charge in [-0.3, -0.25) is 10.1 Å². The summed E-state index contributed by atoms with van der Waals surface area (Å²) in [4.78, 5) is 10.6. The Morgan fingerprint density at radius 2 is 1.95 bits per heavy atom. The lowest BCUT2D eigenvalue weighted by Crippen LogP contribution is -2.35. The second-order valence-electron chi connectivity index (χ2n) is 5.45. The molecule has 0 aromatic heterocycles. The Morgan fingerprint density at radius 1 is 1.29 bits per heavy atom. The number of benzene rings is 1. The predicted molar refractivity (Wildman–Crippen MR) is 83.8 cm³/mol. The fraction of sp³-hybridized carbons (Fsp3) is 0.353. The fourth-order valence-electron chi connectivity index (χ4n) is 2.56. The van der Waals surface area contributed by atoms with Gasteiger partial charge in [-0.15, -0.1) is 0 Å². The molecule has 21 heavy (non-hydrogen) atoms. The Bertz CT molecular complexity index is 503. The van der Waals surface area contributed by atoms with Crippen molar-refractivity contribution in [2.24, 2.45) is 11.7 Å². The van der Waals surface area contributed by atoms with Crippen molar-refractivity contribution >= 4 is 5.97 Å². The van der Waals surface area contributed by atoms with E-state index in [1.54, 1.807) is 0 Å². The van der Waals surface area contributed by atoms with E-state index >= 15 is 0 Å². The molecule has 1 aliphatic heterocycles. The minimum absolute atomic E-state index is 0.159. The van der Waals surface area contributed by atoms with Crippen molar-refractivity contribution in [1.82, 2.24) is 5.32 Å². The minimum atomic E-state index is -0.744. The first-order valence-corrected chi connectivity index (χ1v) is 7.22. The molecular weight excluding hydrogens is 264 g/mol. The Balaban J connectivity index is 0.000000161. The molecule has 1 fully saturated rings. The zero-order chi connectivity index (χ0) is 15.2. The van der Waals surface area contributed by atoms with E-state index in [9.17, 15) is 4.79 Å². The van der Waals surface area contributed by atoms with Gasteiger partial charge >= 0.3 is 5.97 Å². The van der Waals surface area contributed by atoms with Crippen LogP contribution >= 0.6 is 0 Å². The van der Waals surface area contributed by atoms with Gasteiger partial charge in [0, 0.05) is 12.1 Å². The molecule has 0 amide bonds. The Hall–Kier alpha value is -1.91. The van der Waals surface area contributed by atoms with Crippen LogP contribution in [0.3, 0.4) is 0 Å². The van der Waals surface area contributed by atoms with Gasteiger partial charge in [-0.05, 0) is 24.8 Å². The van der Waals surface area contributed by atoms with Crippen LogP contribution in [0.2, 0.25) is 0 Å². The number of carboxylic acids is 1. The number of carbonyl (C=O) groups is 1. The molecule has 0 saturated carbocycles. The number of hydrogen-bond acceptors (Lipinski definition) is 3. The van der Waals surface area contributed by atoms with Crippen LogP contribution in [-0.4, -0.2) is 23.2 Å². The molecule has 0 bridgehead atoms. The first-order chi connectivity index (χ1) is 10.1. The molecule has 4 N–H and O–H groups in total. The number of nitrogens with two attached hydrogens (primary N) is 1. The lowest BCUT2D eigenvalue weighted by Gasteiger charge is -2.13. The van der Waals surface area contributed by atoms with E-state index in [1.165, 1.54) is 5.56 Å². The van der Waals surface area contributed by atoms with Crippen molar-refractivity contribution < 1.29 is 9.90 Å². The number of nitrogens with one attached hydrogen (secondary N) is 1. The highest BCUT2D eigenvalue weighted by atomic mass is 16.4. The van der Waals surface area contributed by atoms with Crippen LogP contribution in [0.1, 0.15) is 24.9 Å². The molecule has 4 nitrogen and oxygen atoms in total. The van der Waals surface area contributed by atoms with Gasteiger partial charge in [0.15, 0.2) is 0 Å². The summed E-state index contributed by atoms with van der Waals surface area (Å²) in [5.41, 5.74) is 6.81. The quantitative estimate of drug-likeness (QED) is 0.779. The number of fused-ring (bicyclic) bond motifs is 1. The van der Waals surface area contributed by atoms with E-state index in [-0.39, 0.29) is 18.1 Å². The highest BCUT2D eigenvalue weighted by molar-refractivity contribution is 5.74. The molecule has 1 heterocycles. The summed E-state index contributed by atoms with van der Waals surface area (Å²) in [6, 6.07) is 10.1. The monoisotopic (exact) mass is 286 g/mol. The highest BCUT2D eigenvalue weighted by Crippen LogP contribution is 2.25. The highest BCUT2D eigenvalue weighted by Gasteiger charge is 2.34. The molecule has 1 aliphatic carbocycles. The zero-order valence-electron chi connectivity index (χ0n) is 12.1. The molecule has 112 valence electrons. The zero-order valence-corrected chi connectivity index (χ0v) is 12.1. The number of allylic oxidation sites excluding steroid dienone is 2. The number of hydrogen-bond donors (Lipinski definition) is 3. The average molecular weight is 286 g/mol. The third kappa shape index (κ3) is 4.28. The molecule has 4 atom stereocenters. The van der Waals surface area contributed by atoms with Crippen molar-refractivity contribution in [2.45, 2.75) is 31.5 Å². The summed E-state index contributed by atoms with van der Waals surface area (Å²) >= 11 is 0. The third-order valence-corrected chi connectivity index (χ3v) is 3.77. The Kier molecular flexibility index (Phi) is 5.31. The lowest BCUT2D eigenvalue weighted by atomic mass is 9.95. The largest absolute Gasteiger partial charge is 0.480 e. The third-order valence-electron chi connectivity index (χ3n) is 3.77. The minimum Gasteiger partial charge on any atom is -0.480 e. The van der Waals surface area contributed by atoms with E-state index < -0.39 is 5.97 Å². The summed E-state index contributed by atoms with van der Waals surface area (Å²) in [5, 5.41) is 11.8. The van der Waals surface area contributed by atoms with E-state index in [2.05, 4.69) is 11.4 Å². The van der Waals surface area contributed by atoms with Crippen LogP contribution in [0.15, 0.2) is 54.6 Å². The second-order valence-corrected chi connectivity index (χ2v) is 5.45. The summed E-state index contributed by atoms with van der Waals surface area (Å²) in [5.74, 6) is -0.373. The SMILES string of the molecule is C[C@@H](N)c1ccccc1.O=C(O)[C@H]1CC2C=CC=CC2N1. The van der Waals surface area contributed by atoms with Gasteiger partial charge in [-0.25, -0.2) is 0 Å². The van der Waals surface area contributed by atoms with Crippen LogP contribution in [-0.2, 0) is 4.79 Å². The molecule has 1 saturated heterocycles. The Labute approximate surface area is 125 Å². The summed E-state index contributed by atoms with van der Waals surface area (Å²) in [6.45, 7) is 1.98. The van der Waals surface area contributed by atoms with Crippen LogP contribution in [0, 0.1) is 5.92 Å². The first kappa shape index (κ1) is 15.5. The summed E-state index contributed by atoms with van der Waals surface area (Å²) in [7, 11) is 0. The van der Waals surface area contributed by atoms with Gasteiger partial charge in [0.1, 0.15) is 6.04 Å². The van der Waals surface area contributed by atoms with Crippen LogP contribution < -0.4 is 11.1 Å². The topological polar surface area (TPSA) is 75.4 Å².